The van der Waals surface area contributed by atoms with Crippen LogP contribution >= 0.6 is 18.3 Å². The van der Waals surface area contributed by atoms with Crippen LogP contribution in [0.2, 0.25) is 0 Å². The molecule has 0 aromatic heterocycles. The molecule has 0 aliphatic rings. The zero-order valence-corrected chi connectivity index (χ0v) is 16.1. The Morgan fingerprint density at radius 3 is 1.78 bits per heavy atom. The molecule has 0 unspecified atom stereocenters. The van der Waals surface area contributed by atoms with Gasteiger partial charge in [-0.05, 0) is 0 Å². The van der Waals surface area contributed by atoms with Crippen molar-refractivity contribution in [2.45, 2.75) is 34.1 Å². The summed E-state index contributed by atoms with van der Waals surface area (Å²) >= 11 is 6.85. The second-order valence-electron chi connectivity index (χ2n) is 6.43. The summed E-state index contributed by atoms with van der Waals surface area (Å²) in [5, 5.41) is 0. The molecule has 4 heteroatoms. The van der Waals surface area contributed by atoms with Gasteiger partial charge < -0.3 is 0 Å². The molecule has 0 radical (unpaired) electrons. The summed E-state index contributed by atoms with van der Waals surface area (Å²) in [5.74, 6) is 2.12. The Kier molecular flexibility index (Phi) is 6.33. The molecule has 0 N–H and O–H groups in total. The number of hydrogen-bond acceptors (Lipinski definition) is 2. The minimum absolute atomic E-state index is 0.558. The Hall–Kier alpha value is -1.24. The van der Waals surface area contributed by atoms with Crippen molar-refractivity contribution in [3.05, 3.63) is 59.7 Å². The molecule has 2 aromatic rings. The van der Waals surface area contributed by atoms with Crippen molar-refractivity contribution in [1.29, 1.82) is 0 Å². The summed E-state index contributed by atoms with van der Waals surface area (Å²) in [6.07, 6.45) is 1.72. The van der Waals surface area contributed by atoms with E-state index in [1.807, 2.05) is 62.4 Å². The monoisotopic (exact) mass is 352 g/mol. The van der Waals surface area contributed by atoms with Gasteiger partial charge in [0.25, 0.3) is 0 Å². The third kappa shape index (κ3) is 6.05. The number of halogens is 1. The van der Waals surface area contributed by atoms with Crippen LogP contribution in [0.3, 0.4) is 0 Å². The van der Waals surface area contributed by atoms with Gasteiger partial charge in [-0.3, -0.25) is 0 Å². The van der Waals surface area contributed by atoms with E-state index in [1.165, 1.54) is 0 Å². The average Bonchev–Trinajstić information content (AvgIpc) is 2.45. The summed E-state index contributed by atoms with van der Waals surface area (Å²) in [6, 6.07) is 15.9. The summed E-state index contributed by atoms with van der Waals surface area (Å²) in [6.45, 7) is 8.45. The Morgan fingerprint density at radius 2 is 1.39 bits per heavy atom. The molecule has 0 heterocycles. The first-order chi connectivity index (χ1) is 10.9. The van der Waals surface area contributed by atoms with Gasteiger partial charge in [0.05, 0.1) is 0 Å². The second-order valence-corrected chi connectivity index (χ2v) is 10.4. The topological polar surface area (TPSA) is 18.5 Å². The molecule has 0 atom stereocenters. The fourth-order valence-electron chi connectivity index (χ4n) is 2.29. The van der Waals surface area contributed by atoms with Gasteiger partial charge in [0.2, 0.25) is 0 Å². The van der Waals surface area contributed by atoms with Gasteiger partial charge >= 0.3 is 145 Å². The third-order valence-electron chi connectivity index (χ3n) is 3.54. The maximum atomic E-state index is 6.85. The minimum atomic E-state index is -2.87. The van der Waals surface area contributed by atoms with Crippen molar-refractivity contribution in [3.63, 3.8) is 0 Å². The predicted molar refractivity (Wildman–Crippen MR) is 102 cm³/mol. The Balaban J connectivity index is 2.20. The van der Waals surface area contributed by atoms with Crippen LogP contribution in [0.25, 0.3) is 0 Å². The van der Waals surface area contributed by atoms with E-state index < -0.39 is 7.07 Å². The second kappa shape index (κ2) is 8.04. The van der Waals surface area contributed by atoms with Gasteiger partial charge in [-0.2, -0.15) is 0 Å². The van der Waals surface area contributed by atoms with Crippen LogP contribution in [-0.4, -0.2) is 6.16 Å². The molecule has 0 bridgehead atoms. The fraction of sp³-hybridized carbons (Fsp3) is 0.368. The first kappa shape index (κ1) is 18.1. The van der Waals surface area contributed by atoms with Gasteiger partial charge in [0.1, 0.15) is 0 Å². The molecule has 0 spiro atoms. The van der Waals surface area contributed by atoms with E-state index >= 15 is 0 Å². The molecule has 0 saturated heterocycles. The molecular weight excluding hydrogens is 327 g/mol. The van der Waals surface area contributed by atoms with Crippen molar-refractivity contribution in [1.82, 2.24) is 0 Å². The van der Waals surface area contributed by atoms with Crippen molar-refractivity contribution >= 4 is 18.3 Å². The molecule has 2 rings (SSSR count). The van der Waals surface area contributed by atoms with Gasteiger partial charge in [-0.1, -0.05) is 0 Å². The molecule has 0 amide bonds. The molecule has 2 nitrogen and oxygen atoms in total. The summed E-state index contributed by atoms with van der Waals surface area (Å²) < 4.78 is 12.3. The van der Waals surface area contributed by atoms with E-state index in [0.717, 1.165) is 35.2 Å². The van der Waals surface area contributed by atoms with Crippen LogP contribution in [0, 0.1) is 19.8 Å². The van der Waals surface area contributed by atoms with E-state index in [-0.39, 0.29) is 0 Å². The Labute approximate surface area is 145 Å². The molecule has 0 aliphatic carbocycles. The molecule has 0 fully saturated rings. The molecule has 2 aromatic carbocycles. The van der Waals surface area contributed by atoms with E-state index in [4.69, 9.17) is 20.3 Å². The Morgan fingerprint density at radius 1 is 0.913 bits per heavy atom. The first-order valence-corrected chi connectivity index (χ1v) is 11.1. The van der Waals surface area contributed by atoms with Crippen LogP contribution in [0.1, 0.15) is 31.4 Å². The predicted octanol–water partition coefficient (Wildman–Crippen LogP) is 6.54. The van der Waals surface area contributed by atoms with E-state index in [0.29, 0.717) is 5.92 Å². The first-order valence-electron chi connectivity index (χ1n) is 8.06. The number of hydrogen-bond donors (Lipinski definition) is 0. The molecule has 0 saturated carbocycles. The van der Waals surface area contributed by atoms with Gasteiger partial charge in [-0.15, -0.1) is 0 Å². The molecule has 23 heavy (non-hydrogen) atoms. The van der Waals surface area contributed by atoms with Gasteiger partial charge in [0, 0.05) is 0 Å². The number of benzene rings is 2. The quantitative estimate of drug-likeness (QED) is 0.526. The van der Waals surface area contributed by atoms with Crippen molar-refractivity contribution in [3.8, 4) is 11.5 Å². The van der Waals surface area contributed by atoms with Crippen LogP contribution in [-0.2, 0) is 0 Å². The zero-order valence-electron chi connectivity index (χ0n) is 14.3. The van der Waals surface area contributed by atoms with E-state index in [9.17, 15) is 0 Å². The third-order valence-corrected chi connectivity index (χ3v) is 6.54. The number of rotatable bonds is 7. The van der Waals surface area contributed by atoms with Crippen molar-refractivity contribution in [2.24, 2.45) is 5.92 Å². The van der Waals surface area contributed by atoms with Crippen molar-refractivity contribution < 1.29 is 9.05 Å². The summed E-state index contributed by atoms with van der Waals surface area (Å²) in [5.41, 5.74) is 2.30. The molecular formula is C19H26ClO2P. The van der Waals surface area contributed by atoms with Gasteiger partial charge in [0.15, 0.2) is 0 Å². The standard InChI is InChI=1S/C19H26ClO2P/c1-15(2)11-12-23(20,21-18-9-5-7-16(3)13-18)22-19-10-6-8-17(4)14-19/h5-10,13-15,23H,11-12H2,1-4H3. The average molecular weight is 353 g/mol. The van der Waals surface area contributed by atoms with Crippen LogP contribution in [0.15, 0.2) is 48.5 Å². The van der Waals surface area contributed by atoms with Crippen molar-refractivity contribution in [2.75, 3.05) is 6.16 Å². The summed E-state index contributed by atoms with van der Waals surface area (Å²) in [4.78, 5) is 0. The SMILES string of the molecule is Cc1cccc(O[PH](Cl)(CCC(C)C)Oc2cccc(C)c2)c1. The molecule has 126 valence electrons. The maximum absolute atomic E-state index is 6.85. The van der Waals surface area contributed by atoms with Crippen LogP contribution < -0.4 is 9.05 Å². The van der Waals surface area contributed by atoms with E-state index in [1.54, 1.807) is 0 Å². The summed E-state index contributed by atoms with van der Waals surface area (Å²) in [7, 11) is -2.87. The molecule has 0 aliphatic heterocycles. The zero-order chi connectivity index (χ0) is 16.9. The Bertz CT molecular complexity index is 595. The number of aryl methyl sites for hydroxylation is 2. The van der Waals surface area contributed by atoms with Gasteiger partial charge in [-0.25, -0.2) is 0 Å². The van der Waals surface area contributed by atoms with Crippen LogP contribution in [0.4, 0.5) is 0 Å². The fourth-order valence-corrected chi connectivity index (χ4v) is 5.28. The van der Waals surface area contributed by atoms with Crippen LogP contribution in [0.5, 0.6) is 11.5 Å². The van der Waals surface area contributed by atoms with E-state index in [2.05, 4.69) is 13.8 Å². The normalized spacial score (nSPS) is 12.3.